The van der Waals surface area contributed by atoms with Crippen molar-refractivity contribution >= 4 is 14.7 Å². The van der Waals surface area contributed by atoms with Crippen LogP contribution in [0.5, 0.6) is 0 Å². The monoisotopic (exact) mass is 426 g/mol. The first kappa shape index (κ1) is 27.5. The fraction of sp³-hybridized carbons (Fsp3) is 1.00. The van der Waals surface area contributed by atoms with Gasteiger partial charge in [-0.2, -0.15) is 0 Å². The van der Waals surface area contributed by atoms with Gasteiger partial charge in [0.2, 0.25) is 0 Å². The van der Waals surface area contributed by atoms with Crippen molar-refractivity contribution in [3.05, 3.63) is 0 Å². The summed E-state index contributed by atoms with van der Waals surface area (Å²) in [4.78, 5) is 0. The van der Waals surface area contributed by atoms with Gasteiger partial charge in [0.25, 0.3) is 0 Å². The molecule has 4 nitrogen and oxygen atoms in total. The van der Waals surface area contributed by atoms with Crippen molar-refractivity contribution in [2.24, 2.45) is 0 Å². The molecule has 166 valence electrons. The van der Waals surface area contributed by atoms with Crippen molar-refractivity contribution in [1.82, 2.24) is 0 Å². The van der Waals surface area contributed by atoms with Gasteiger partial charge in [0, 0.05) is 0 Å². The summed E-state index contributed by atoms with van der Waals surface area (Å²) in [7, 11) is -3.53. The van der Waals surface area contributed by atoms with Gasteiger partial charge in [-0.25, -0.2) is 0 Å². The molecule has 0 fully saturated rings. The molecule has 0 N–H and O–H groups in total. The fourth-order valence-electron chi connectivity index (χ4n) is 3.31. The zero-order valence-electron chi connectivity index (χ0n) is 19.1. The molecule has 0 aliphatic rings. The average molecular weight is 427 g/mol. The summed E-state index contributed by atoms with van der Waals surface area (Å²) >= 11 is 0. The number of hydrogen-bond acceptors (Lipinski definition) is 4. The molecule has 0 bridgehead atoms. The van der Waals surface area contributed by atoms with Gasteiger partial charge in [0.1, 0.15) is 0 Å². The molecule has 0 aromatic rings. The Morgan fingerprint density at radius 2 is 0.963 bits per heavy atom. The quantitative estimate of drug-likeness (QED) is 0.154. The maximum absolute atomic E-state index is 13.6. The van der Waals surface area contributed by atoms with E-state index in [4.69, 9.17) is 13.4 Å². The van der Waals surface area contributed by atoms with Crippen LogP contribution in [0.25, 0.3) is 0 Å². The first-order valence-electron chi connectivity index (χ1n) is 11.4. The SMILES string of the molecule is CCCCOP(=O)(OCCCC)OP(C)(CCCC)(CCCC)CCCC. The first-order valence-corrected chi connectivity index (χ1v) is 16.0. The first-order chi connectivity index (χ1) is 12.8. The Kier molecular flexibility index (Phi) is 14.8. The zero-order chi connectivity index (χ0) is 20.7. The van der Waals surface area contributed by atoms with Crippen LogP contribution < -0.4 is 0 Å². The van der Waals surface area contributed by atoms with Crippen molar-refractivity contribution in [2.45, 2.75) is 98.8 Å². The minimum absolute atomic E-state index is 0.446. The van der Waals surface area contributed by atoms with Crippen molar-refractivity contribution in [1.29, 1.82) is 0 Å². The molecular formula is C21H48O4P2. The van der Waals surface area contributed by atoms with Crippen LogP contribution in [0.1, 0.15) is 98.8 Å². The van der Waals surface area contributed by atoms with E-state index in [0.717, 1.165) is 82.7 Å². The summed E-state index contributed by atoms with van der Waals surface area (Å²) in [5.74, 6) is 0. The van der Waals surface area contributed by atoms with Crippen molar-refractivity contribution < 1.29 is 17.9 Å². The molecule has 0 saturated heterocycles. The van der Waals surface area contributed by atoms with Gasteiger partial charge >= 0.3 is 170 Å². The van der Waals surface area contributed by atoms with Gasteiger partial charge in [-0.3, -0.25) is 0 Å². The molecular weight excluding hydrogens is 378 g/mol. The normalized spacial score (nSPS) is 14.2. The van der Waals surface area contributed by atoms with Crippen LogP contribution in [0.2, 0.25) is 0 Å². The summed E-state index contributed by atoms with van der Waals surface area (Å²) in [6.45, 7) is 11.4. The number of phosphoric acid groups is 1. The number of rotatable bonds is 19. The van der Waals surface area contributed by atoms with Crippen molar-refractivity contribution in [3.63, 3.8) is 0 Å². The Morgan fingerprint density at radius 3 is 1.26 bits per heavy atom. The molecule has 0 aromatic heterocycles. The van der Waals surface area contributed by atoms with Crippen molar-refractivity contribution in [3.8, 4) is 0 Å². The molecule has 0 radical (unpaired) electrons. The van der Waals surface area contributed by atoms with E-state index in [-0.39, 0.29) is 0 Å². The second-order valence-corrected chi connectivity index (χ2v) is 16.1. The van der Waals surface area contributed by atoms with E-state index >= 15 is 0 Å². The molecule has 0 atom stereocenters. The summed E-state index contributed by atoms with van der Waals surface area (Å²) in [6, 6.07) is 0. The van der Waals surface area contributed by atoms with Crippen LogP contribution in [0, 0.1) is 0 Å². The predicted octanol–water partition coefficient (Wildman–Crippen LogP) is 8.24. The van der Waals surface area contributed by atoms with E-state index in [1.807, 2.05) is 0 Å². The topological polar surface area (TPSA) is 44.8 Å². The second-order valence-electron chi connectivity index (χ2n) is 8.32. The van der Waals surface area contributed by atoms with Crippen LogP contribution in [0.4, 0.5) is 0 Å². The van der Waals surface area contributed by atoms with E-state index in [1.54, 1.807) is 0 Å². The van der Waals surface area contributed by atoms with Gasteiger partial charge in [0.05, 0.1) is 0 Å². The molecule has 0 rings (SSSR count). The van der Waals surface area contributed by atoms with Gasteiger partial charge < -0.3 is 0 Å². The Morgan fingerprint density at radius 1 is 0.630 bits per heavy atom. The summed E-state index contributed by atoms with van der Waals surface area (Å²) < 4.78 is 31.9. The van der Waals surface area contributed by atoms with Crippen LogP contribution in [0.15, 0.2) is 0 Å². The third-order valence-corrected chi connectivity index (χ3v) is 13.8. The van der Waals surface area contributed by atoms with Gasteiger partial charge in [0.15, 0.2) is 0 Å². The maximum atomic E-state index is 13.6. The molecule has 27 heavy (non-hydrogen) atoms. The van der Waals surface area contributed by atoms with Gasteiger partial charge in [-0.05, 0) is 0 Å². The van der Waals surface area contributed by atoms with Gasteiger partial charge in [-0.1, -0.05) is 0 Å². The van der Waals surface area contributed by atoms with Crippen LogP contribution in [0.3, 0.4) is 0 Å². The molecule has 0 aliphatic carbocycles. The molecule has 0 amide bonds. The Balaban J connectivity index is 5.63. The van der Waals surface area contributed by atoms with Crippen LogP contribution in [-0.4, -0.2) is 38.4 Å². The summed E-state index contributed by atoms with van der Waals surface area (Å²) in [5.41, 5.74) is 0. The number of unbranched alkanes of at least 4 members (excludes halogenated alkanes) is 5. The molecule has 0 aromatic carbocycles. The average Bonchev–Trinajstić information content (AvgIpc) is 2.64. The summed E-state index contributed by atoms with van der Waals surface area (Å²) in [6.07, 6.45) is 13.6. The number of phosphoric ester groups is 1. The predicted molar refractivity (Wildman–Crippen MR) is 123 cm³/mol. The van der Waals surface area contributed by atoms with E-state index in [0.29, 0.717) is 13.2 Å². The third kappa shape index (κ3) is 11.3. The second kappa shape index (κ2) is 14.5. The van der Waals surface area contributed by atoms with E-state index in [2.05, 4.69) is 41.3 Å². The minimum atomic E-state index is -3.53. The van der Waals surface area contributed by atoms with E-state index < -0.39 is 14.7 Å². The van der Waals surface area contributed by atoms with Crippen molar-refractivity contribution in [2.75, 3.05) is 38.4 Å². The number of hydrogen-bond donors (Lipinski definition) is 0. The fourth-order valence-corrected chi connectivity index (χ4v) is 12.2. The Bertz CT molecular complexity index is 376. The zero-order valence-corrected chi connectivity index (χ0v) is 20.9. The van der Waals surface area contributed by atoms with E-state index in [9.17, 15) is 4.57 Å². The summed E-state index contributed by atoms with van der Waals surface area (Å²) in [5, 5.41) is 0. The standard InChI is InChI=1S/C21H48O4P2/c1-7-12-17-23-26(22,24-18-13-8-2)25-27(6,19-14-9-3,20-15-10-4)21-16-11-5/h7-21H2,1-6H3. The molecule has 0 heterocycles. The Labute approximate surface area is 170 Å². The molecule has 0 spiro atoms. The molecule has 0 saturated carbocycles. The van der Waals surface area contributed by atoms with Gasteiger partial charge in [-0.15, -0.1) is 0 Å². The van der Waals surface area contributed by atoms with Crippen LogP contribution >= 0.6 is 14.7 Å². The molecule has 6 heteroatoms. The molecule has 0 unspecified atom stereocenters. The Hall–Kier alpha value is 0.540. The van der Waals surface area contributed by atoms with Crippen LogP contribution in [-0.2, 0) is 17.9 Å². The molecule has 0 aliphatic heterocycles. The van der Waals surface area contributed by atoms with E-state index in [1.165, 1.54) is 0 Å². The third-order valence-electron chi connectivity index (χ3n) is 5.28.